The summed E-state index contributed by atoms with van der Waals surface area (Å²) in [6.45, 7) is 8.48. The van der Waals surface area contributed by atoms with Crippen LogP contribution in [0.1, 0.15) is 25.8 Å². The van der Waals surface area contributed by atoms with Crippen LogP contribution >= 0.6 is 23.4 Å². The van der Waals surface area contributed by atoms with Crippen LogP contribution in [0, 0.1) is 18.8 Å². The maximum Gasteiger partial charge on any atom is 0.234 e. The molecule has 2 atom stereocenters. The molecule has 7 heteroatoms. The number of thioether (sulfide) groups is 1. The zero-order valence-electron chi connectivity index (χ0n) is 15.9. The van der Waals surface area contributed by atoms with Gasteiger partial charge in [-0.2, -0.15) is 0 Å². The molecule has 5 nitrogen and oxygen atoms in total. The van der Waals surface area contributed by atoms with Gasteiger partial charge in [0.2, 0.25) is 5.91 Å². The van der Waals surface area contributed by atoms with E-state index in [0.29, 0.717) is 16.9 Å². The Morgan fingerprint density at radius 3 is 2.78 bits per heavy atom. The Morgan fingerprint density at radius 1 is 1.30 bits per heavy atom. The molecule has 0 aliphatic carbocycles. The quantitative estimate of drug-likeness (QED) is 0.580. The zero-order chi connectivity index (χ0) is 19.4. The summed E-state index contributed by atoms with van der Waals surface area (Å²) in [5, 5.41) is 4.37. The Hall–Kier alpha value is -1.79. The van der Waals surface area contributed by atoms with Crippen LogP contribution in [-0.4, -0.2) is 34.7 Å². The third-order valence-corrected chi connectivity index (χ3v) is 6.05. The molecule has 1 fully saturated rings. The largest absolute Gasteiger partial charge is 0.356 e. The lowest BCUT2D eigenvalue weighted by atomic mass is 9.92. The van der Waals surface area contributed by atoms with Gasteiger partial charge in [0.25, 0.3) is 0 Å². The molecule has 27 heavy (non-hydrogen) atoms. The monoisotopic (exact) mass is 404 g/mol. The molecular weight excluding hydrogens is 380 g/mol. The van der Waals surface area contributed by atoms with Crippen molar-refractivity contribution in [3.63, 3.8) is 0 Å². The molecular formula is C20H25ClN4OS. The van der Waals surface area contributed by atoms with E-state index in [9.17, 15) is 4.79 Å². The van der Waals surface area contributed by atoms with Crippen molar-refractivity contribution in [1.29, 1.82) is 0 Å². The van der Waals surface area contributed by atoms with Crippen molar-refractivity contribution >= 4 is 40.8 Å². The van der Waals surface area contributed by atoms with Crippen molar-refractivity contribution in [2.24, 2.45) is 11.8 Å². The zero-order valence-corrected chi connectivity index (χ0v) is 17.5. The number of hydrogen-bond donors (Lipinski definition) is 1. The summed E-state index contributed by atoms with van der Waals surface area (Å²) in [7, 11) is 0. The Balaban J connectivity index is 1.59. The van der Waals surface area contributed by atoms with Gasteiger partial charge >= 0.3 is 0 Å². The van der Waals surface area contributed by atoms with Gasteiger partial charge in [-0.25, -0.2) is 9.97 Å². The predicted octanol–water partition coefficient (Wildman–Crippen LogP) is 4.65. The average molecular weight is 405 g/mol. The van der Waals surface area contributed by atoms with Gasteiger partial charge in [0.15, 0.2) is 0 Å². The number of carbonyl (C=O) groups excluding carboxylic acids is 1. The first-order chi connectivity index (χ1) is 12.9. The van der Waals surface area contributed by atoms with Crippen LogP contribution in [0.5, 0.6) is 0 Å². The van der Waals surface area contributed by atoms with Gasteiger partial charge in [-0.15, -0.1) is 0 Å². The molecule has 0 spiro atoms. The van der Waals surface area contributed by atoms with E-state index < -0.39 is 0 Å². The van der Waals surface area contributed by atoms with Crippen LogP contribution in [0.4, 0.5) is 11.5 Å². The summed E-state index contributed by atoms with van der Waals surface area (Å²) in [5.41, 5.74) is 1.61. The number of piperidine rings is 1. The van der Waals surface area contributed by atoms with E-state index in [4.69, 9.17) is 11.6 Å². The second-order valence-corrected chi connectivity index (χ2v) is 8.72. The minimum Gasteiger partial charge on any atom is -0.356 e. The van der Waals surface area contributed by atoms with Crippen molar-refractivity contribution in [3.05, 3.63) is 41.2 Å². The average Bonchev–Trinajstić information content (AvgIpc) is 2.63. The summed E-state index contributed by atoms with van der Waals surface area (Å²) in [4.78, 5) is 23.4. The van der Waals surface area contributed by atoms with E-state index in [2.05, 4.69) is 34.0 Å². The van der Waals surface area contributed by atoms with E-state index in [1.165, 1.54) is 18.2 Å². The molecule has 1 saturated heterocycles. The van der Waals surface area contributed by atoms with Gasteiger partial charge in [-0.05, 0) is 42.9 Å². The van der Waals surface area contributed by atoms with Crippen LogP contribution in [0.25, 0.3) is 0 Å². The first kappa shape index (κ1) is 20.0. The van der Waals surface area contributed by atoms with Crippen LogP contribution in [0.3, 0.4) is 0 Å². The van der Waals surface area contributed by atoms with Gasteiger partial charge in [0.05, 0.1) is 5.75 Å². The highest BCUT2D eigenvalue weighted by Crippen LogP contribution is 2.27. The predicted molar refractivity (Wildman–Crippen MR) is 113 cm³/mol. The van der Waals surface area contributed by atoms with E-state index in [0.717, 1.165) is 35.2 Å². The third-order valence-electron chi connectivity index (χ3n) is 4.71. The molecule has 1 aromatic heterocycles. The summed E-state index contributed by atoms with van der Waals surface area (Å²) < 4.78 is 0. The third kappa shape index (κ3) is 5.36. The SMILES string of the molecule is Cc1c(Cl)cccc1NC(=O)CSc1cc(N2C[C@H](C)C[C@@H](C)C2)ncn1. The fourth-order valence-corrected chi connectivity index (χ4v) is 4.34. The van der Waals surface area contributed by atoms with E-state index in [1.807, 2.05) is 31.2 Å². The normalized spacial score (nSPS) is 19.8. The van der Waals surface area contributed by atoms with Crippen molar-refractivity contribution in [2.75, 3.05) is 29.1 Å². The molecule has 1 aliphatic rings. The number of anilines is 2. The summed E-state index contributed by atoms with van der Waals surface area (Å²) in [5.74, 6) is 2.47. The Bertz CT molecular complexity index is 806. The minimum absolute atomic E-state index is 0.0780. The number of hydrogen-bond acceptors (Lipinski definition) is 5. The molecule has 1 N–H and O–H groups in total. The maximum absolute atomic E-state index is 12.3. The fourth-order valence-electron chi connectivity index (χ4n) is 3.50. The number of nitrogens with one attached hydrogen (secondary N) is 1. The second kappa shape index (κ2) is 8.93. The highest BCUT2D eigenvalue weighted by Gasteiger charge is 2.23. The Kier molecular flexibility index (Phi) is 6.60. The van der Waals surface area contributed by atoms with Gasteiger partial charge < -0.3 is 10.2 Å². The van der Waals surface area contributed by atoms with Crippen molar-refractivity contribution in [3.8, 4) is 0 Å². The number of rotatable bonds is 5. The van der Waals surface area contributed by atoms with E-state index >= 15 is 0 Å². The number of benzene rings is 1. The van der Waals surface area contributed by atoms with Crippen LogP contribution in [0.15, 0.2) is 35.6 Å². The Labute approximate surface area is 169 Å². The molecule has 1 aliphatic heterocycles. The van der Waals surface area contributed by atoms with Gasteiger partial charge in [0, 0.05) is 29.9 Å². The highest BCUT2D eigenvalue weighted by atomic mass is 35.5. The van der Waals surface area contributed by atoms with Crippen LogP contribution < -0.4 is 10.2 Å². The van der Waals surface area contributed by atoms with Gasteiger partial charge in [0.1, 0.15) is 17.2 Å². The molecule has 1 aromatic carbocycles. The standard InChI is InChI=1S/C20H25ClN4OS/c1-13-7-14(2)10-25(9-13)18-8-20(23-12-22-18)27-11-19(26)24-17-6-4-5-16(21)15(17)3/h4-6,8,12-14H,7,9-11H2,1-3H3,(H,24,26)/t13-,14-/m1/s1. The van der Waals surface area contributed by atoms with Crippen molar-refractivity contribution in [1.82, 2.24) is 9.97 Å². The lowest BCUT2D eigenvalue weighted by Crippen LogP contribution is -2.39. The summed E-state index contributed by atoms with van der Waals surface area (Å²) in [6.07, 6.45) is 2.84. The number of amides is 1. The lowest BCUT2D eigenvalue weighted by molar-refractivity contribution is -0.113. The topological polar surface area (TPSA) is 58.1 Å². The van der Waals surface area contributed by atoms with Crippen LogP contribution in [-0.2, 0) is 4.79 Å². The first-order valence-electron chi connectivity index (χ1n) is 9.17. The lowest BCUT2D eigenvalue weighted by Gasteiger charge is -2.35. The Morgan fingerprint density at radius 2 is 2.04 bits per heavy atom. The van der Waals surface area contributed by atoms with Gasteiger partial charge in [-0.1, -0.05) is 43.3 Å². The number of nitrogens with zero attached hydrogens (tertiary/aromatic N) is 3. The molecule has 144 valence electrons. The number of aromatic nitrogens is 2. The van der Waals surface area contributed by atoms with Crippen molar-refractivity contribution in [2.45, 2.75) is 32.2 Å². The fraction of sp³-hybridized carbons (Fsp3) is 0.450. The molecule has 2 heterocycles. The molecule has 2 aromatic rings. The molecule has 0 saturated carbocycles. The van der Waals surface area contributed by atoms with Crippen LogP contribution in [0.2, 0.25) is 5.02 Å². The van der Waals surface area contributed by atoms with E-state index in [-0.39, 0.29) is 11.7 Å². The summed E-state index contributed by atoms with van der Waals surface area (Å²) >= 11 is 7.52. The minimum atomic E-state index is -0.0780. The maximum atomic E-state index is 12.3. The van der Waals surface area contributed by atoms with E-state index in [1.54, 1.807) is 6.33 Å². The molecule has 0 unspecified atom stereocenters. The molecule has 3 rings (SSSR count). The van der Waals surface area contributed by atoms with Crippen molar-refractivity contribution < 1.29 is 4.79 Å². The molecule has 0 radical (unpaired) electrons. The highest BCUT2D eigenvalue weighted by molar-refractivity contribution is 7.99. The summed E-state index contributed by atoms with van der Waals surface area (Å²) in [6, 6.07) is 7.47. The number of halogens is 1. The first-order valence-corrected chi connectivity index (χ1v) is 10.5. The second-order valence-electron chi connectivity index (χ2n) is 7.31. The number of carbonyl (C=O) groups is 1. The molecule has 1 amide bonds. The van der Waals surface area contributed by atoms with Gasteiger partial charge in [-0.3, -0.25) is 4.79 Å². The molecule has 0 bridgehead atoms. The smallest absolute Gasteiger partial charge is 0.234 e.